The van der Waals surface area contributed by atoms with E-state index in [0.29, 0.717) is 19.6 Å². The lowest BCUT2D eigenvalue weighted by molar-refractivity contribution is -0.0400. The minimum atomic E-state index is -0.388. The van der Waals surface area contributed by atoms with E-state index in [0.717, 1.165) is 38.4 Å². The van der Waals surface area contributed by atoms with Crippen molar-refractivity contribution in [3.8, 4) is 0 Å². The van der Waals surface area contributed by atoms with Crippen molar-refractivity contribution >= 4 is 37.6 Å². The molecule has 0 spiro atoms. The zero-order chi connectivity index (χ0) is 18.5. The Labute approximate surface area is 156 Å². The Morgan fingerprint density at radius 1 is 1.35 bits per heavy atom. The van der Waals surface area contributed by atoms with Gasteiger partial charge in [-0.3, -0.25) is 0 Å². The van der Waals surface area contributed by atoms with E-state index in [2.05, 4.69) is 29.1 Å². The molecule has 7 heteroatoms. The number of nitrogens with one attached hydrogen (secondary N) is 1. The van der Waals surface area contributed by atoms with Gasteiger partial charge in [-0.25, -0.2) is 15.0 Å². The van der Waals surface area contributed by atoms with Gasteiger partial charge in [0, 0.05) is 29.6 Å². The van der Waals surface area contributed by atoms with Gasteiger partial charge in [-0.05, 0) is 32.8 Å². The number of aliphatic hydroxyl groups is 1. The Balaban J connectivity index is 1.90. The third-order valence-corrected chi connectivity index (χ3v) is 6.09. The molecule has 0 radical (unpaired) electrons. The Bertz CT molecular complexity index is 983. The summed E-state index contributed by atoms with van der Waals surface area (Å²) < 4.78 is 7.00. The van der Waals surface area contributed by atoms with E-state index in [9.17, 15) is 5.11 Å². The molecule has 0 unspecified atom stereocenters. The number of aliphatic hydroxyl groups excluding tert-OH is 1. The Hall–Kier alpha value is -1.83. The molecule has 138 valence electrons. The van der Waals surface area contributed by atoms with Crippen LogP contribution in [0.1, 0.15) is 44.0 Å². The second-order valence-electron chi connectivity index (χ2n) is 7.50. The second kappa shape index (κ2) is 6.40. The summed E-state index contributed by atoms with van der Waals surface area (Å²) in [6, 6.07) is 0. The molecule has 3 aromatic rings. The molecule has 0 aliphatic carbocycles. The van der Waals surface area contributed by atoms with Crippen LogP contribution in [-0.2, 0) is 17.8 Å². The van der Waals surface area contributed by atoms with Gasteiger partial charge in [-0.1, -0.05) is 6.92 Å². The summed E-state index contributed by atoms with van der Waals surface area (Å²) in [4.78, 5) is 14.8. The molecular formula is C19H24N4O2S. The number of pyridine rings is 1. The number of hydrogen-bond acceptors (Lipinski definition) is 7. The molecule has 0 aromatic carbocycles. The molecular weight excluding hydrogens is 348 g/mol. The standard InChI is InChI=1S/C19H24N4O2S/c1-5-11(24)7-20-17-16-15(21-9-22-17)14-12-6-19(3,4)25-8-13(12)10(2)23-18(14)26-16/h9,11,24H,5-8H2,1-4H3,(H,20,21,22)/t11-/m0/s1. The van der Waals surface area contributed by atoms with Gasteiger partial charge in [0.05, 0.1) is 28.5 Å². The van der Waals surface area contributed by atoms with Gasteiger partial charge in [0.15, 0.2) is 0 Å². The fourth-order valence-corrected chi connectivity index (χ4v) is 4.62. The molecule has 0 saturated carbocycles. The first-order valence-electron chi connectivity index (χ1n) is 9.01. The summed E-state index contributed by atoms with van der Waals surface area (Å²) >= 11 is 1.61. The number of aromatic nitrogens is 3. The maximum atomic E-state index is 9.85. The molecule has 26 heavy (non-hydrogen) atoms. The minimum absolute atomic E-state index is 0.193. The summed E-state index contributed by atoms with van der Waals surface area (Å²) in [6.07, 6.45) is 2.75. The first kappa shape index (κ1) is 17.6. The summed E-state index contributed by atoms with van der Waals surface area (Å²) in [5, 5.41) is 14.2. The summed E-state index contributed by atoms with van der Waals surface area (Å²) in [5.41, 5.74) is 4.26. The molecule has 0 saturated heterocycles. The van der Waals surface area contributed by atoms with Crippen LogP contribution in [0.4, 0.5) is 5.82 Å². The zero-order valence-corrected chi connectivity index (χ0v) is 16.4. The Morgan fingerprint density at radius 3 is 2.92 bits per heavy atom. The predicted octanol–water partition coefficient (Wildman–Crippen LogP) is 3.58. The predicted molar refractivity (Wildman–Crippen MR) is 105 cm³/mol. The van der Waals surface area contributed by atoms with E-state index in [-0.39, 0.29) is 11.7 Å². The zero-order valence-electron chi connectivity index (χ0n) is 15.6. The number of aryl methyl sites for hydroxylation is 1. The van der Waals surface area contributed by atoms with E-state index >= 15 is 0 Å². The maximum Gasteiger partial charge on any atom is 0.147 e. The number of thiophene rings is 1. The van der Waals surface area contributed by atoms with Crippen molar-refractivity contribution in [2.45, 2.75) is 58.8 Å². The highest BCUT2D eigenvalue weighted by Gasteiger charge is 2.30. The van der Waals surface area contributed by atoms with Crippen LogP contribution in [0.3, 0.4) is 0 Å². The van der Waals surface area contributed by atoms with Crippen LogP contribution in [0.2, 0.25) is 0 Å². The number of rotatable bonds is 4. The lowest BCUT2D eigenvalue weighted by Gasteiger charge is -2.32. The molecule has 4 heterocycles. The van der Waals surface area contributed by atoms with Crippen LogP contribution < -0.4 is 5.32 Å². The average Bonchev–Trinajstić information content (AvgIpc) is 2.97. The number of anilines is 1. The molecule has 0 fully saturated rings. The number of nitrogens with zero attached hydrogens (tertiary/aromatic N) is 3. The number of ether oxygens (including phenoxy) is 1. The van der Waals surface area contributed by atoms with E-state index in [4.69, 9.17) is 9.72 Å². The van der Waals surface area contributed by atoms with Crippen LogP contribution >= 0.6 is 11.3 Å². The lowest BCUT2D eigenvalue weighted by Crippen LogP contribution is -2.32. The third kappa shape index (κ3) is 2.94. The van der Waals surface area contributed by atoms with E-state index in [1.165, 1.54) is 11.1 Å². The van der Waals surface area contributed by atoms with Crippen molar-refractivity contribution in [2.75, 3.05) is 11.9 Å². The van der Waals surface area contributed by atoms with Crippen molar-refractivity contribution in [1.29, 1.82) is 0 Å². The highest BCUT2D eigenvalue weighted by molar-refractivity contribution is 7.26. The largest absolute Gasteiger partial charge is 0.391 e. The monoisotopic (exact) mass is 372 g/mol. The van der Waals surface area contributed by atoms with Gasteiger partial charge in [-0.15, -0.1) is 11.3 Å². The van der Waals surface area contributed by atoms with Gasteiger partial charge in [-0.2, -0.15) is 0 Å². The van der Waals surface area contributed by atoms with Crippen LogP contribution in [0, 0.1) is 6.92 Å². The first-order valence-corrected chi connectivity index (χ1v) is 9.82. The van der Waals surface area contributed by atoms with Gasteiger partial charge >= 0.3 is 0 Å². The summed E-state index contributed by atoms with van der Waals surface area (Å²) in [5.74, 6) is 0.767. The van der Waals surface area contributed by atoms with Gasteiger partial charge < -0.3 is 15.2 Å². The molecule has 2 N–H and O–H groups in total. The van der Waals surface area contributed by atoms with E-state index in [1.807, 2.05) is 13.8 Å². The van der Waals surface area contributed by atoms with Crippen molar-refractivity contribution < 1.29 is 9.84 Å². The first-order chi connectivity index (χ1) is 12.4. The topological polar surface area (TPSA) is 80.2 Å². The highest BCUT2D eigenvalue weighted by atomic mass is 32.1. The summed E-state index contributed by atoms with van der Waals surface area (Å²) in [6.45, 7) is 9.33. The van der Waals surface area contributed by atoms with Gasteiger partial charge in [0.2, 0.25) is 0 Å². The molecule has 4 rings (SSSR count). The Morgan fingerprint density at radius 2 is 2.15 bits per heavy atom. The van der Waals surface area contributed by atoms with Crippen LogP contribution in [0.25, 0.3) is 20.4 Å². The molecule has 3 aromatic heterocycles. The molecule has 1 aliphatic heterocycles. The van der Waals surface area contributed by atoms with Crippen molar-refractivity contribution in [2.24, 2.45) is 0 Å². The molecule has 0 bridgehead atoms. The molecule has 1 atom stereocenters. The normalized spacial score (nSPS) is 17.4. The molecule has 0 amide bonds. The quantitative estimate of drug-likeness (QED) is 0.729. The van der Waals surface area contributed by atoms with Crippen molar-refractivity contribution in [3.63, 3.8) is 0 Å². The van der Waals surface area contributed by atoms with Gasteiger partial charge in [0.1, 0.15) is 17.0 Å². The second-order valence-corrected chi connectivity index (χ2v) is 8.50. The van der Waals surface area contributed by atoms with Crippen LogP contribution in [-0.4, -0.2) is 38.3 Å². The van der Waals surface area contributed by atoms with E-state index < -0.39 is 0 Å². The van der Waals surface area contributed by atoms with Crippen molar-refractivity contribution in [3.05, 3.63) is 23.1 Å². The molecule has 1 aliphatic rings. The maximum absolute atomic E-state index is 9.85. The third-order valence-electron chi connectivity index (χ3n) is 5.01. The fourth-order valence-electron chi connectivity index (χ4n) is 3.45. The summed E-state index contributed by atoms with van der Waals surface area (Å²) in [7, 11) is 0. The van der Waals surface area contributed by atoms with Crippen LogP contribution in [0.5, 0.6) is 0 Å². The van der Waals surface area contributed by atoms with Crippen LogP contribution in [0.15, 0.2) is 6.33 Å². The average molecular weight is 372 g/mol. The fraction of sp³-hybridized carbons (Fsp3) is 0.526. The molecule has 6 nitrogen and oxygen atoms in total. The SMILES string of the molecule is CC[C@H](O)CNc1ncnc2c1sc1nc(C)c3c(c12)CC(C)(C)OC3. The minimum Gasteiger partial charge on any atom is -0.391 e. The van der Waals surface area contributed by atoms with E-state index in [1.54, 1.807) is 17.7 Å². The lowest BCUT2D eigenvalue weighted by atomic mass is 9.89. The highest BCUT2D eigenvalue weighted by Crippen LogP contribution is 2.41. The number of hydrogen-bond donors (Lipinski definition) is 2. The smallest absolute Gasteiger partial charge is 0.147 e. The van der Waals surface area contributed by atoms with Crippen molar-refractivity contribution in [1.82, 2.24) is 15.0 Å². The number of fused-ring (bicyclic) bond motifs is 5. The Kier molecular flexibility index (Phi) is 4.33. The van der Waals surface area contributed by atoms with Gasteiger partial charge in [0.25, 0.3) is 0 Å².